The Morgan fingerprint density at radius 1 is 1.29 bits per heavy atom. The summed E-state index contributed by atoms with van der Waals surface area (Å²) in [5.74, 6) is 0.0777. The van der Waals surface area contributed by atoms with Gasteiger partial charge in [0.05, 0.1) is 18.3 Å². The molecule has 6 heteroatoms. The lowest BCUT2D eigenvalue weighted by molar-refractivity contribution is -0.140. The van der Waals surface area contributed by atoms with Gasteiger partial charge in [-0.25, -0.2) is 0 Å². The van der Waals surface area contributed by atoms with Crippen LogP contribution >= 0.6 is 0 Å². The van der Waals surface area contributed by atoms with Crippen LogP contribution in [0.4, 0.5) is 13.2 Å². The van der Waals surface area contributed by atoms with E-state index in [1.54, 1.807) is 0 Å². The molecule has 0 aliphatic rings. The molecule has 0 fully saturated rings. The second-order valence-corrected chi connectivity index (χ2v) is 3.89. The van der Waals surface area contributed by atoms with Crippen molar-refractivity contribution in [2.45, 2.75) is 18.7 Å². The molecule has 3 nitrogen and oxygen atoms in total. The van der Waals surface area contributed by atoms with Crippen LogP contribution in [0.5, 0.6) is 5.75 Å². The maximum atomic E-state index is 12.8. The quantitative estimate of drug-likeness (QED) is 0.860. The van der Waals surface area contributed by atoms with Gasteiger partial charge in [-0.3, -0.25) is 0 Å². The maximum absolute atomic E-state index is 12.8. The predicted molar refractivity (Wildman–Crippen MR) is 56.6 cm³/mol. The van der Waals surface area contributed by atoms with E-state index < -0.39 is 17.3 Å². The highest BCUT2D eigenvalue weighted by molar-refractivity contribution is 5.40. The van der Waals surface area contributed by atoms with Gasteiger partial charge in [-0.2, -0.15) is 13.2 Å². The molecule has 17 heavy (non-hydrogen) atoms. The molecule has 3 N–H and O–H groups in total. The molecular formula is C11H14F3NO2. The number of nitrogens with two attached hydrogens (primary N) is 1. The van der Waals surface area contributed by atoms with Crippen molar-refractivity contribution in [1.29, 1.82) is 0 Å². The van der Waals surface area contributed by atoms with E-state index >= 15 is 0 Å². The zero-order valence-electron chi connectivity index (χ0n) is 9.51. The topological polar surface area (TPSA) is 55.5 Å². The number of alkyl halides is 3. The molecule has 0 bridgehead atoms. The third kappa shape index (κ3) is 2.89. The zero-order chi connectivity index (χ0) is 13.3. The molecule has 0 aliphatic carbocycles. The van der Waals surface area contributed by atoms with Crippen molar-refractivity contribution in [3.8, 4) is 5.75 Å². The van der Waals surface area contributed by atoms with Crippen molar-refractivity contribution in [2.24, 2.45) is 5.73 Å². The summed E-state index contributed by atoms with van der Waals surface area (Å²) in [7, 11) is 1.27. The van der Waals surface area contributed by atoms with Gasteiger partial charge in [-0.05, 0) is 24.6 Å². The second-order valence-electron chi connectivity index (χ2n) is 3.89. The van der Waals surface area contributed by atoms with E-state index in [1.165, 1.54) is 26.2 Å². The molecular weight excluding hydrogens is 235 g/mol. The normalized spacial score (nSPS) is 15.5. The number of aliphatic hydroxyl groups is 1. The molecule has 1 atom stereocenters. The Kier molecular flexibility index (Phi) is 3.68. The Morgan fingerprint density at radius 3 is 2.29 bits per heavy atom. The molecule has 0 spiro atoms. The number of hydrogen-bond acceptors (Lipinski definition) is 3. The van der Waals surface area contributed by atoms with Crippen molar-refractivity contribution in [3.63, 3.8) is 0 Å². The Balaban J connectivity index is 3.41. The fourth-order valence-electron chi connectivity index (χ4n) is 1.46. The SMILES string of the molecule is COc1ccc(C(C)(O)CN)c(C(F)(F)F)c1. The number of hydrogen-bond donors (Lipinski definition) is 2. The maximum Gasteiger partial charge on any atom is 0.416 e. The van der Waals surface area contributed by atoms with Crippen molar-refractivity contribution < 1.29 is 23.0 Å². The van der Waals surface area contributed by atoms with Crippen LogP contribution in [0.1, 0.15) is 18.1 Å². The fraction of sp³-hybridized carbons (Fsp3) is 0.455. The number of rotatable bonds is 3. The smallest absolute Gasteiger partial charge is 0.416 e. The summed E-state index contributed by atoms with van der Waals surface area (Å²) < 4.78 is 43.2. The van der Waals surface area contributed by atoms with Crippen LogP contribution < -0.4 is 10.5 Å². The average Bonchev–Trinajstić information content (AvgIpc) is 2.27. The summed E-state index contributed by atoms with van der Waals surface area (Å²) in [6.07, 6.45) is -4.57. The molecule has 1 aromatic carbocycles. The molecule has 1 unspecified atom stereocenters. The summed E-state index contributed by atoms with van der Waals surface area (Å²) in [4.78, 5) is 0. The first kappa shape index (κ1) is 13.8. The van der Waals surface area contributed by atoms with Gasteiger partial charge in [0.15, 0.2) is 0 Å². The van der Waals surface area contributed by atoms with Gasteiger partial charge < -0.3 is 15.6 Å². The van der Waals surface area contributed by atoms with Gasteiger partial charge in [0.2, 0.25) is 0 Å². The van der Waals surface area contributed by atoms with Gasteiger partial charge in [0.1, 0.15) is 5.75 Å². The largest absolute Gasteiger partial charge is 0.497 e. The Labute approximate surface area is 97.0 Å². The minimum absolute atomic E-state index is 0.0777. The van der Waals surface area contributed by atoms with Crippen LogP contribution in [0.3, 0.4) is 0 Å². The molecule has 0 aromatic heterocycles. The van der Waals surface area contributed by atoms with Crippen LogP contribution in [0, 0.1) is 0 Å². The molecule has 96 valence electrons. The lowest BCUT2D eigenvalue weighted by atomic mass is 9.91. The molecule has 0 heterocycles. The summed E-state index contributed by atoms with van der Waals surface area (Å²) in [6, 6.07) is 3.38. The summed E-state index contributed by atoms with van der Waals surface area (Å²) in [5.41, 5.74) is 2.35. The molecule has 0 radical (unpaired) electrons. The second kappa shape index (κ2) is 4.54. The van der Waals surface area contributed by atoms with Gasteiger partial charge in [-0.1, -0.05) is 6.07 Å². The van der Waals surface area contributed by atoms with Crippen LogP contribution in [-0.4, -0.2) is 18.8 Å². The van der Waals surface area contributed by atoms with E-state index in [4.69, 9.17) is 10.5 Å². The third-order valence-electron chi connectivity index (χ3n) is 2.51. The van der Waals surface area contributed by atoms with Crippen molar-refractivity contribution in [1.82, 2.24) is 0 Å². The first-order chi connectivity index (χ1) is 7.72. The van der Waals surface area contributed by atoms with Gasteiger partial charge in [-0.15, -0.1) is 0 Å². The van der Waals surface area contributed by atoms with Crippen molar-refractivity contribution in [3.05, 3.63) is 29.3 Å². The highest BCUT2D eigenvalue weighted by Crippen LogP contribution is 2.38. The van der Waals surface area contributed by atoms with E-state index in [0.717, 1.165) is 6.07 Å². The average molecular weight is 249 g/mol. The first-order valence-electron chi connectivity index (χ1n) is 4.90. The lowest BCUT2D eigenvalue weighted by Crippen LogP contribution is -2.33. The molecule has 0 saturated heterocycles. The van der Waals surface area contributed by atoms with E-state index in [-0.39, 0.29) is 17.9 Å². The van der Waals surface area contributed by atoms with Crippen LogP contribution in [0.25, 0.3) is 0 Å². The van der Waals surface area contributed by atoms with Gasteiger partial charge in [0, 0.05) is 6.54 Å². The van der Waals surface area contributed by atoms with Crippen LogP contribution in [0.15, 0.2) is 18.2 Å². The predicted octanol–water partition coefficient (Wildman–Crippen LogP) is 1.88. The Bertz CT molecular complexity index is 402. The molecule has 0 amide bonds. The van der Waals surface area contributed by atoms with Crippen molar-refractivity contribution >= 4 is 0 Å². The minimum atomic E-state index is -4.57. The number of methoxy groups -OCH3 is 1. The highest BCUT2D eigenvalue weighted by Gasteiger charge is 2.38. The van der Waals surface area contributed by atoms with Gasteiger partial charge in [0.25, 0.3) is 0 Å². The van der Waals surface area contributed by atoms with E-state index in [9.17, 15) is 18.3 Å². The molecule has 0 saturated carbocycles. The van der Waals surface area contributed by atoms with Crippen molar-refractivity contribution in [2.75, 3.05) is 13.7 Å². The first-order valence-corrected chi connectivity index (χ1v) is 4.90. The number of benzene rings is 1. The van der Waals surface area contributed by atoms with E-state index in [0.29, 0.717) is 0 Å². The number of ether oxygens (including phenoxy) is 1. The highest BCUT2D eigenvalue weighted by atomic mass is 19.4. The van der Waals surface area contributed by atoms with E-state index in [1.807, 2.05) is 0 Å². The summed E-state index contributed by atoms with van der Waals surface area (Å²) >= 11 is 0. The van der Waals surface area contributed by atoms with Gasteiger partial charge >= 0.3 is 6.18 Å². The van der Waals surface area contributed by atoms with E-state index in [2.05, 4.69) is 0 Å². The third-order valence-corrected chi connectivity index (χ3v) is 2.51. The fourth-order valence-corrected chi connectivity index (χ4v) is 1.46. The summed E-state index contributed by atoms with van der Waals surface area (Å²) in [5, 5.41) is 9.84. The Morgan fingerprint density at radius 2 is 1.88 bits per heavy atom. The Hall–Kier alpha value is -1.27. The lowest BCUT2D eigenvalue weighted by Gasteiger charge is -2.26. The standard InChI is InChI=1S/C11H14F3NO2/c1-10(16,6-15)8-4-3-7(17-2)5-9(8)11(12,13)14/h3-5,16H,6,15H2,1-2H3. The molecule has 0 aliphatic heterocycles. The molecule has 1 aromatic rings. The number of halogens is 3. The van der Waals surface area contributed by atoms with Crippen LogP contribution in [0.2, 0.25) is 0 Å². The van der Waals surface area contributed by atoms with Crippen LogP contribution in [-0.2, 0) is 11.8 Å². The minimum Gasteiger partial charge on any atom is -0.497 e. The summed E-state index contributed by atoms with van der Waals surface area (Å²) in [6.45, 7) is 0.937. The zero-order valence-corrected chi connectivity index (χ0v) is 9.51. The monoisotopic (exact) mass is 249 g/mol. The molecule has 1 rings (SSSR count).